The number of benzene rings is 2. The van der Waals surface area contributed by atoms with E-state index >= 15 is 0 Å². The zero-order chi connectivity index (χ0) is 21.5. The normalized spacial score (nSPS) is 10.7. The number of carbonyl (C=O) groups is 1. The van der Waals surface area contributed by atoms with E-state index in [9.17, 15) is 14.7 Å². The number of carboxylic acid groups (broad SMARTS) is 1. The second-order valence-corrected chi connectivity index (χ2v) is 6.65. The average Bonchev–Trinajstić information content (AvgIpc) is 3.05. The Morgan fingerprint density at radius 1 is 1.17 bits per heavy atom. The molecule has 0 saturated heterocycles. The summed E-state index contributed by atoms with van der Waals surface area (Å²) < 4.78 is 2.96. The van der Waals surface area contributed by atoms with Crippen LogP contribution < -0.4 is 5.69 Å². The summed E-state index contributed by atoms with van der Waals surface area (Å²) in [6, 6.07) is 14.4. The van der Waals surface area contributed by atoms with Crippen molar-refractivity contribution in [2.24, 2.45) is 0 Å². The molecule has 0 spiro atoms. The summed E-state index contributed by atoms with van der Waals surface area (Å²) in [5, 5.41) is 13.8. The zero-order valence-electron chi connectivity index (χ0n) is 17.0. The molecule has 0 bridgehead atoms. The third-order valence-corrected chi connectivity index (χ3v) is 4.58. The number of nitrogens with zero attached hydrogens (tertiary/aromatic N) is 3. The summed E-state index contributed by atoms with van der Waals surface area (Å²) in [6.45, 7) is 4.57. The summed E-state index contributed by atoms with van der Waals surface area (Å²) in [5.74, 6) is 5.42. The van der Waals surface area contributed by atoms with E-state index in [2.05, 4.69) is 16.9 Å². The molecule has 6 nitrogen and oxygen atoms in total. The van der Waals surface area contributed by atoms with Crippen LogP contribution in [-0.2, 0) is 13.1 Å². The molecule has 0 aliphatic heterocycles. The van der Waals surface area contributed by atoms with Gasteiger partial charge in [0.15, 0.2) is 0 Å². The van der Waals surface area contributed by atoms with Crippen LogP contribution in [0.15, 0.2) is 65.5 Å². The van der Waals surface area contributed by atoms with E-state index in [1.807, 2.05) is 56.3 Å². The van der Waals surface area contributed by atoms with Gasteiger partial charge >= 0.3 is 11.7 Å². The van der Waals surface area contributed by atoms with Gasteiger partial charge in [-0.2, -0.15) is 0 Å². The minimum atomic E-state index is -0.964. The van der Waals surface area contributed by atoms with Crippen LogP contribution in [0.1, 0.15) is 42.0 Å². The van der Waals surface area contributed by atoms with Crippen LogP contribution in [0.4, 0.5) is 0 Å². The van der Waals surface area contributed by atoms with Crippen LogP contribution in [0.3, 0.4) is 0 Å². The van der Waals surface area contributed by atoms with Gasteiger partial charge in [0.2, 0.25) is 5.82 Å². The molecule has 0 aliphatic carbocycles. The van der Waals surface area contributed by atoms with Crippen LogP contribution in [0.5, 0.6) is 0 Å². The number of aromatic carboxylic acids is 1. The molecule has 1 N–H and O–H groups in total. The van der Waals surface area contributed by atoms with Gasteiger partial charge in [-0.1, -0.05) is 67.5 Å². The Bertz CT molecular complexity index is 1190. The fraction of sp³-hybridized carbons (Fsp3) is 0.208. The number of allylic oxidation sites excluding steroid dienone is 2. The Labute approximate surface area is 175 Å². The highest BCUT2D eigenvalue weighted by Gasteiger charge is 2.13. The van der Waals surface area contributed by atoms with Gasteiger partial charge in [-0.15, -0.1) is 5.10 Å². The molecule has 30 heavy (non-hydrogen) atoms. The van der Waals surface area contributed by atoms with Crippen LogP contribution in [0.25, 0.3) is 11.1 Å². The van der Waals surface area contributed by atoms with Crippen molar-refractivity contribution in [3.8, 4) is 23.0 Å². The van der Waals surface area contributed by atoms with Gasteiger partial charge in [-0.25, -0.2) is 14.3 Å². The molecular weight excluding hydrogens is 378 g/mol. The first-order valence-corrected chi connectivity index (χ1v) is 9.74. The largest absolute Gasteiger partial charge is 0.478 e. The van der Waals surface area contributed by atoms with E-state index in [4.69, 9.17) is 0 Å². The first-order chi connectivity index (χ1) is 14.5. The molecule has 0 atom stereocenters. The van der Waals surface area contributed by atoms with Gasteiger partial charge in [-0.05, 0) is 35.6 Å². The van der Waals surface area contributed by atoms with Crippen LogP contribution in [0.2, 0.25) is 0 Å². The highest BCUT2D eigenvalue weighted by atomic mass is 16.4. The van der Waals surface area contributed by atoms with E-state index in [1.165, 1.54) is 4.68 Å². The lowest BCUT2D eigenvalue weighted by Gasteiger charge is -2.08. The monoisotopic (exact) mass is 401 g/mol. The van der Waals surface area contributed by atoms with Gasteiger partial charge in [-0.3, -0.25) is 4.57 Å². The van der Waals surface area contributed by atoms with Crippen LogP contribution in [0, 0.1) is 11.8 Å². The van der Waals surface area contributed by atoms with Gasteiger partial charge in [0, 0.05) is 6.42 Å². The predicted octanol–water partition coefficient (Wildman–Crippen LogP) is 3.80. The predicted molar refractivity (Wildman–Crippen MR) is 116 cm³/mol. The number of aromatic nitrogens is 3. The molecule has 2 aromatic carbocycles. The summed E-state index contributed by atoms with van der Waals surface area (Å²) in [7, 11) is 0. The number of carboxylic acids is 1. The maximum atomic E-state index is 12.8. The molecule has 0 amide bonds. The topological polar surface area (TPSA) is 77.1 Å². The van der Waals surface area contributed by atoms with Gasteiger partial charge in [0.05, 0.1) is 18.7 Å². The molecule has 0 saturated carbocycles. The Hall–Kier alpha value is -3.85. The molecular formula is C24H23N3O3. The molecule has 6 heteroatoms. The summed E-state index contributed by atoms with van der Waals surface area (Å²) in [6.07, 6.45) is 4.41. The minimum absolute atomic E-state index is 0.214. The van der Waals surface area contributed by atoms with Crippen LogP contribution >= 0.6 is 0 Å². The number of hydrogen-bond acceptors (Lipinski definition) is 3. The van der Waals surface area contributed by atoms with E-state index in [0.29, 0.717) is 30.9 Å². The quantitative estimate of drug-likeness (QED) is 0.504. The summed E-state index contributed by atoms with van der Waals surface area (Å²) >= 11 is 0. The molecule has 0 aliphatic rings. The minimum Gasteiger partial charge on any atom is -0.478 e. The van der Waals surface area contributed by atoms with Crippen molar-refractivity contribution in [3.05, 3.63) is 88.1 Å². The number of hydrogen-bond donors (Lipinski definition) is 1. The first kappa shape index (κ1) is 20.9. The van der Waals surface area contributed by atoms with Crippen molar-refractivity contribution in [1.29, 1.82) is 0 Å². The maximum absolute atomic E-state index is 12.8. The SMILES string of the molecule is CC=CCn1nc(C#CCC)n(Cc2ccc(-c3ccccc3C(=O)O)cc2)c1=O. The van der Waals surface area contributed by atoms with Crippen molar-refractivity contribution in [3.63, 3.8) is 0 Å². The second kappa shape index (κ2) is 9.57. The third-order valence-electron chi connectivity index (χ3n) is 4.58. The molecule has 1 heterocycles. The van der Waals surface area contributed by atoms with E-state index in [-0.39, 0.29) is 11.3 Å². The Balaban J connectivity index is 1.93. The van der Waals surface area contributed by atoms with Crippen molar-refractivity contribution >= 4 is 5.97 Å². The fourth-order valence-electron chi connectivity index (χ4n) is 3.06. The standard InChI is InChI=1S/C24H23N3O3/c1-3-5-11-22-25-27(16-6-4-2)24(30)26(22)17-18-12-14-19(15-13-18)20-9-7-8-10-21(20)23(28)29/h4,6-10,12-15H,3,16-17H2,1-2H3,(H,28,29). The third kappa shape index (κ3) is 4.58. The molecule has 0 fully saturated rings. The highest BCUT2D eigenvalue weighted by Crippen LogP contribution is 2.24. The Morgan fingerprint density at radius 3 is 2.57 bits per heavy atom. The highest BCUT2D eigenvalue weighted by molar-refractivity contribution is 5.95. The Kier molecular flexibility index (Phi) is 6.66. The van der Waals surface area contributed by atoms with Crippen molar-refractivity contribution < 1.29 is 9.90 Å². The summed E-state index contributed by atoms with van der Waals surface area (Å²) in [4.78, 5) is 24.2. The fourth-order valence-corrected chi connectivity index (χ4v) is 3.06. The van der Waals surface area contributed by atoms with Crippen molar-refractivity contribution in [2.75, 3.05) is 0 Å². The molecule has 3 aromatic rings. The molecule has 1 aromatic heterocycles. The summed E-state index contributed by atoms with van der Waals surface area (Å²) in [5.41, 5.74) is 2.40. The Morgan fingerprint density at radius 2 is 1.90 bits per heavy atom. The van der Waals surface area contributed by atoms with Gasteiger partial charge in [0.1, 0.15) is 0 Å². The lowest BCUT2D eigenvalue weighted by atomic mass is 9.99. The van der Waals surface area contributed by atoms with E-state index in [1.54, 1.807) is 22.8 Å². The zero-order valence-corrected chi connectivity index (χ0v) is 17.0. The van der Waals surface area contributed by atoms with Crippen molar-refractivity contribution in [1.82, 2.24) is 14.3 Å². The number of rotatable bonds is 6. The molecule has 152 valence electrons. The molecule has 3 rings (SSSR count). The average molecular weight is 401 g/mol. The first-order valence-electron chi connectivity index (χ1n) is 9.74. The second-order valence-electron chi connectivity index (χ2n) is 6.65. The van der Waals surface area contributed by atoms with E-state index in [0.717, 1.165) is 11.1 Å². The molecule has 0 unspecified atom stereocenters. The smallest absolute Gasteiger partial charge is 0.347 e. The lowest BCUT2D eigenvalue weighted by molar-refractivity contribution is 0.0697. The van der Waals surface area contributed by atoms with Gasteiger partial charge < -0.3 is 5.11 Å². The van der Waals surface area contributed by atoms with E-state index < -0.39 is 5.97 Å². The molecule has 0 radical (unpaired) electrons. The maximum Gasteiger partial charge on any atom is 0.347 e. The van der Waals surface area contributed by atoms with Crippen LogP contribution in [-0.4, -0.2) is 25.4 Å². The van der Waals surface area contributed by atoms with Gasteiger partial charge in [0.25, 0.3) is 0 Å². The lowest BCUT2D eigenvalue weighted by Crippen LogP contribution is -2.25. The van der Waals surface area contributed by atoms with Crippen molar-refractivity contribution in [2.45, 2.75) is 33.4 Å².